The maximum Gasteiger partial charge on any atom is 0.226 e. The van der Waals surface area contributed by atoms with E-state index in [1.807, 2.05) is 19.1 Å². The Bertz CT molecular complexity index is 519. The lowest BCUT2D eigenvalue weighted by molar-refractivity contribution is -0.123. The average Bonchev–Trinajstić information content (AvgIpc) is 3.07. The number of alkyl halides is 2. The van der Waals surface area contributed by atoms with E-state index in [1.165, 1.54) is 0 Å². The van der Waals surface area contributed by atoms with E-state index in [4.69, 9.17) is 32.7 Å². The number of ether oxygens (including phenoxy) is 2. The van der Waals surface area contributed by atoms with E-state index in [-0.39, 0.29) is 17.9 Å². The molecule has 0 radical (unpaired) electrons. The van der Waals surface area contributed by atoms with Crippen molar-refractivity contribution in [3.05, 3.63) is 23.8 Å². The van der Waals surface area contributed by atoms with Crippen LogP contribution in [-0.4, -0.2) is 24.5 Å². The highest BCUT2D eigenvalue weighted by Crippen LogP contribution is 2.53. The normalized spacial score (nSPS) is 20.9. The Morgan fingerprint density at radius 1 is 1.40 bits per heavy atom. The molecule has 1 N–H and O–H groups in total. The van der Waals surface area contributed by atoms with Gasteiger partial charge in [0.25, 0.3) is 0 Å². The molecular weight excluding hydrogens is 301 g/mol. The Balaban J connectivity index is 2.09. The third-order valence-electron chi connectivity index (χ3n) is 3.41. The number of nitrogens with one attached hydrogen (secondary N) is 1. The van der Waals surface area contributed by atoms with Gasteiger partial charge in [0.1, 0.15) is 15.8 Å². The molecular formula is C14H17Cl2NO3. The SMILES string of the molecule is COc1ccc(C(C)NC(=O)C2CC2(Cl)Cl)c(OC)c1. The molecule has 0 heterocycles. The van der Waals surface area contributed by atoms with Crippen LogP contribution in [0.15, 0.2) is 18.2 Å². The Hall–Kier alpha value is -1.13. The molecule has 20 heavy (non-hydrogen) atoms. The number of amides is 1. The van der Waals surface area contributed by atoms with Crippen LogP contribution in [0, 0.1) is 5.92 Å². The summed E-state index contributed by atoms with van der Waals surface area (Å²) < 4.78 is 9.56. The fraction of sp³-hybridized carbons (Fsp3) is 0.500. The summed E-state index contributed by atoms with van der Waals surface area (Å²) >= 11 is 11.8. The first-order valence-electron chi connectivity index (χ1n) is 6.29. The van der Waals surface area contributed by atoms with Gasteiger partial charge in [0.05, 0.1) is 26.2 Å². The molecule has 1 amide bonds. The van der Waals surface area contributed by atoms with Gasteiger partial charge in [-0.3, -0.25) is 4.79 Å². The van der Waals surface area contributed by atoms with Gasteiger partial charge in [-0.2, -0.15) is 0 Å². The van der Waals surface area contributed by atoms with Crippen molar-refractivity contribution >= 4 is 29.1 Å². The molecule has 0 aromatic heterocycles. The minimum atomic E-state index is -0.909. The summed E-state index contributed by atoms with van der Waals surface area (Å²) in [5.74, 6) is 0.890. The van der Waals surface area contributed by atoms with Gasteiger partial charge in [-0.1, -0.05) is 0 Å². The van der Waals surface area contributed by atoms with Gasteiger partial charge in [-0.25, -0.2) is 0 Å². The van der Waals surface area contributed by atoms with Crippen LogP contribution in [0.1, 0.15) is 24.9 Å². The number of carbonyl (C=O) groups excluding carboxylic acids is 1. The van der Waals surface area contributed by atoms with Crippen molar-refractivity contribution < 1.29 is 14.3 Å². The Kier molecular flexibility index (Phi) is 4.35. The second-order valence-electron chi connectivity index (χ2n) is 4.86. The molecule has 2 atom stereocenters. The molecule has 1 fully saturated rings. The summed E-state index contributed by atoms with van der Waals surface area (Å²) in [5, 5.41) is 2.90. The molecule has 0 saturated heterocycles. The lowest BCUT2D eigenvalue weighted by Crippen LogP contribution is -2.29. The maximum absolute atomic E-state index is 12.0. The van der Waals surface area contributed by atoms with Crippen LogP contribution in [0.3, 0.4) is 0 Å². The largest absolute Gasteiger partial charge is 0.497 e. The fourth-order valence-electron chi connectivity index (χ4n) is 2.07. The lowest BCUT2D eigenvalue weighted by Gasteiger charge is -2.18. The van der Waals surface area contributed by atoms with E-state index in [0.717, 1.165) is 5.56 Å². The van der Waals surface area contributed by atoms with Gasteiger partial charge in [0.2, 0.25) is 5.91 Å². The number of methoxy groups -OCH3 is 2. The van der Waals surface area contributed by atoms with Gasteiger partial charge >= 0.3 is 0 Å². The van der Waals surface area contributed by atoms with Crippen molar-refractivity contribution in [2.75, 3.05) is 14.2 Å². The third-order valence-corrected chi connectivity index (χ3v) is 4.24. The zero-order valence-corrected chi connectivity index (χ0v) is 13.1. The van der Waals surface area contributed by atoms with Gasteiger partial charge < -0.3 is 14.8 Å². The molecule has 110 valence electrons. The number of halogens is 2. The topological polar surface area (TPSA) is 47.6 Å². The predicted octanol–water partition coefficient (Wildman–Crippen LogP) is 3.07. The molecule has 4 nitrogen and oxygen atoms in total. The van der Waals surface area contributed by atoms with Crippen LogP contribution < -0.4 is 14.8 Å². The number of hydrogen-bond donors (Lipinski definition) is 1. The molecule has 0 bridgehead atoms. The first-order valence-corrected chi connectivity index (χ1v) is 7.04. The average molecular weight is 318 g/mol. The second kappa shape index (κ2) is 5.70. The standard InChI is InChI=1S/C14H17Cl2NO3/c1-8(17-13(18)11-7-14(11,15)16)10-5-4-9(19-2)6-12(10)20-3/h4-6,8,11H,7H2,1-3H3,(H,17,18). The van der Waals surface area contributed by atoms with E-state index >= 15 is 0 Å². The summed E-state index contributed by atoms with van der Waals surface area (Å²) in [6, 6.07) is 5.27. The first kappa shape index (κ1) is 15.3. The highest BCUT2D eigenvalue weighted by Gasteiger charge is 2.56. The monoisotopic (exact) mass is 317 g/mol. The molecule has 1 aromatic rings. The minimum Gasteiger partial charge on any atom is -0.497 e. The van der Waals surface area contributed by atoms with E-state index in [0.29, 0.717) is 17.9 Å². The summed E-state index contributed by atoms with van der Waals surface area (Å²) in [4.78, 5) is 12.0. The van der Waals surface area contributed by atoms with E-state index < -0.39 is 4.33 Å². The summed E-state index contributed by atoms with van der Waals surface area (Å²) in [5.41, 5.74) is 0.872. The molecule has 0 spiro atoms. The van der Waals surface area contributed by atoms with Gasteiger partial charge in [0.15, 0.2) is 0 Å². The number of benzene rings is 1. The third kappa shape index (κ3) is 3.13. The van der Waals surface area contributed by atoms with Crippen LogP contribution in [0.4, 0.5) is 0 Å². The predicted molar refractivity (Wildman–Crippen MR) is 78.6 cm³/mol. The minimum absolute atomic E-state index is 0.139. The van der Waals surface area contributed by atoms with Gasteiger partial charge in [-0.05, 0) is 25.5 Å². The van der Waals surface area contributed by atoms with Crippen LogP contribution in [0.25, 0.3) is 0 Å². The Morgan fingerprint density at radius 3 is 2.55 bits per heavy atom. The van der Waals surface area contributed by atoms with Crippen molar-refractivity contribution in [3.8, 4) is 11.5 Å². The Labute approximate surface area is 128 Å². The van der Waals surface area contributed by atoms with Crippen LogP contribution in [0.5, 0.6) is 11.5 Å². The molecule has 1 aliphatic rings. The molecule has 1 aliphatic carbocycles. The Morgan fingerprint density at radius 2 is 2.05 bits per heavy atom. The number of carbonyl (C=O) groups is 1. The maximum atomic E-state index is 12.0. The van der Waals surface area contributed by atoms with Crippen molar-refractivity contribution in [2.24, 2.45) is 5.92 Å². The van der Waals surface area contributed by atoms with E-state index in [1.54, 1.807) is 20.3 Å². The summed E-state index contributed by atoms with van der Waals surface area (Å²) in [6.45, 7) is 1.88. The van der Waals surface area contributed by atoms with Crippen LogP contribution in [0.2, 0.25) is 0 Å². The first-order chi connectivity index (χ1) is 9.39. The van der Waals surface area contributed by atoms with Crippen molar-refractivity contribution in [3.63, 3.8) is 0 Å². The zero-order chi connectivity index (χ0) is 14.9. The van der Waals surface area contributed by atoms with Gasteiger partial charge in [0, 0.05) is 11.6 Å². The molecule has 1 aromatic carbocycles. The van der Waals surface area contributed by atoms with Crippen molar-refractivity contribution in [2.45, 2.75) is 23.7 Å². The lowest BCUT2D eigenvalue weighted by atomic mass is 10.1. The number of hydrogen-bond acceptors (Lipinski definition) is 3. The molecule has 6 heteroatoms. The summed E-state index contributed by atoms with van der Waals surface area (Å²) in [7, 11) is 3.17. The second-order valence-corrected chi connectivity index (χ2v) is 6.40. The zero-order valence-electron chi connectivity index (χ0n) is 11.6. The van der Waals surface area contributed by atoms with E-state index in [2.05, 4.69) is 5.32 Å². The molecule has 2 rings (SSSR count). The van der Waals surface area contributed by atoms with E-state index in [9.17, 15) is 4.79 Å². The highest BCUT2D eigenvalue weighted by molar-refractivity contribution is 6.52. The fourth-order valence-corrected chi connectivity index (χ4v) is 2.57. The smallest absolute Gasteiger partial charge is 0.226 e. The van der Waals surface area contributed by atoms with Crippen molar-refractivity contribution in [1.29, 1.82) is 0 Å². The quantitative estimate of drug-likeness (QED) is 0.849. The van der Waals surface area contributed by atoms with Crippen LogP contribution in [-0.2, 0) is 4.79 Å². The molecule has 0 aliphatic heterocycles. The summed E-state index contributed by atoms with van der Waals surface area (Å²) in [6.07, 6.45) is 0.494. The number of rotatable bonds is 5. The molecule has 2 unspecified atom stereocenters. The van der Waals surface area contributed by atoms with Crippen molar-refractivity contribution in [1.82, 2.24) is 5.32 Å². The van der Waals surface area contributed by atoms with Crippen LogP contribution >= 0.6 is 23.2 Å². The molecule has 1 saturated carbocycles. The van der Waals surface area contributed by atoms with Gasteiger partial charge in [-0.15, -0.1) is 23.2 Å². The highest BCUT2D eigenvalue weighted by atomic mass is 35.5.